The van der Waals surface area contributed by atoms with Gasteiger partial charge < -0.3 is 20.3 Å². The average Bonchev–Trinajstić information content (AvgIpc) is 3.48. The molecule has 1 saturated carbocycles. The predicted octanol–water partition coefficient (Wildman–Crippen LogP) is 3.79. The van der Waals surface area contributed by atoms with Crippen molar-refractivity contribution in [2.45, 2.75) is 109 Å². The third-order valence-electron chi connectivity index (χ3n) is 8.18. The normalized spacial score (nSPS) is 21.8. The first kappa shape index (κ1) is 35.9. The molecule has 0 aromatic heterocycles. The van der Waals surface area contributed by atoms with Crippen LogP contribution in [0.3, 0.4) is 0 Å². The van der Waals surface area contributed by atoms with Crippen LogP contribution in [0.5, 0.6) is 0 Å². The molecule has 0 spiro atoms. The summed E-state index contributed by atoms with van der Waals surface area (Å²) < 4.78 is 34.7. The molecule has 4 amide bonds. The number of carbonyl (C=O) groups is 4. The third kappa shape index (κ3) is 9.21. The van der Waals surface area contributed by atoms with E-state index in [9.17, 15) is 27.6 Å². The lowest BCUT2D eigenvalue weighted by Gasteiger charge is -2.31. The number of hydrogen-bond acceptors (Lipinski definition) is 7. The van der Waals surface area contributed by atoms with Crippen molar-refractivity contribution < 1.29 is 32.3 Å². The molecule has 1 aromatic carbocycles. The molecule has 1 saturated heterocycles. The minimum absolute atomic E-state index is 0.172. The van der Waals surface area contributed by atoms with E-state index >= 15 is 0 Å². The number of nitrogens with zero attached hydrogens (tertiary/aromatic N) is 2. The number of rotatable bonds is 14. The number of unbranched alkanes of at least 4 members (excludes halogenated alkanes) is 3. The zero-order chi connectivity index (χ0) is 33.6. The van der Waals surface area contributed by atoms with Crippen molar-refractivity contribution in [3.63, 3.8) is 0 Å². The Morgan fingerprint density at radius 2 is 1.80 bits per heavy atom. The number of ether oxygens (including phenoxy) is 1. The second-order valence-electron chi connectivity index (χ2n) is 13.0. The molecular formula is C32H49N5O7S. The molecule has 0 bridgehead atoms. The number of alkyl carbamates (subject to hydrolysis) is 1. The minimum atomic E-state index is -4.30. The van der Waals surface area contributed by atoms with E-state index in [1.807, 2.05) is 0 Å². The summed E-state index contributed by atoms with van der Waals surface area (Å²) in [6.07, 6.45) is 4.36. The maximum absolute atomic E-state index is 13.8. The maximum Gasteiger partial charge on any atom is 0.408 e. The topological polar surface area (TPSA) is 154 Å². The highest BCUT2D eigenvalue weighted by molar-refractivity contribution is 7.91. The van der Waals surface area contributed by atoms with E-state index in [1.165, 1.54) is 11.9 Å². The Morgan fingerprint density at radius 3 is 2.38 bits per heavy atom. The van der Waals surface area contributed by atoms with E-state index < -0.39 is 63.2 Å². The highest BCUT2D eigenvalue weighted by Crippen LogP contribution is 2.48. The Morgan fingerprint density at radius 1 is 1.13 bits per heavy atom. The van der Waals surface area contributed by atoms with Gasteiger partial charge in [0.15, 0.2) is 0 Å². The third-order valence-corrected chi connectivity index (χ3v) is 9.56. The molecule has 250 valence electrons. The molecule has 4 atom stereocenters. The second-order valence-corrected chi connectivity index (χ2v) is 14.7. The summed E-state index contributed by atoms with van der Waals surface area (Å²) in [6, 6.07) is 6.51. The fourth-order valence-electron chi connectivity index (χ4n) is 5.65. The Labute approximate surface area is 267 Å². The zero-order valence-electron chi connectivity index (χ0n) is 27.4. The van der Waals surface area contributed by atoms with Crippen LogP contribution in [0.25, 0.3) is 0 Å². The lowest BCUT2D eigenvalue weighted by Crippen LogP contribution is -2.59. The highest BCUT2D eigenvalue weighted by Gasteiger charge is 2.63. The lowest BCUT2D eigenvalue weighted by atomic mass is 10.0. The van der Waals surface area contributed by atoms with Gasteiger partial charge in [0, 0.05) is 19.5 Å². The molecule has 2 aliphatic rings. The van der Waals surface area contributed by atoms with Gasteiger partial charge in [-0.1, -0.05) is 63.0 Å². The van der Waals surface area contributed by atoms with Gasteiger partial charge in [0.1, 0.15) is 23.2 Å². The number of carbonyl (C=O) groups excluding carboxylic acids is 4. The van der Waals surface area contributed by atoms with Gasteiger partial charge in [0.25, 0.3) is 5.91 Å². The van der Waals surface area contributed by atoms with Crippen molar-refractivity contribution in [1.29, 1.82) is 0 Å². The van der Waals surface area contributed by atoms with E-state index in [0.717, 1.165) is 23.6 Å². The van der Waals surface area contributed by atoms with E-state index in [1.54, 1.807) is 58.0 Å². The van der Waals surface area contributed by atoms with E-state index in [4.69, 9.17) is 4.74 Å². The van der Waals surface area contributed by atoms with Gasteiger partial charge in [-0.05, 0) is 65.5 Å². The predicted molar refractivity (Wildman–Crippen MR) is 172 cm³/mol. The molecule has 3 rings (SSSR count). The summed E-state index contributed by atoms with van der Waals surface area (Å²) >= 11 is 0. The molecule has 1 aromatic rings. The number of nitrogens with one attached hydrogen (secondary N) is 3. The minimum Gasteiger partial charge on any atom is -0.444 e. The van der Waals surface area contributed by atoms with Crippen molar-refractivity contribution in [2.24, 2.45) is 5.92 Å². The molecule has 3 N–H and O–H groups in total. The van der Waals surface area contributed by atoms with Gasteiger partial charge >= 0.3 is 16.3 Å². The summed E-state index contributed by atoms with van der Waals surface area (Å²) in [5, 5.41) is 5.50. The van der Waals surface area contributed by atoms with Crippen molar-refractivity contribution in [3.8, 4) is 0 Å². The largest absolute Gasteiger partial charge is 0.444 e. The molecule has 12 nitrogen and oxygen atoms in total. The summed E-state index contributed by atoms with van der Waals surface area (Å²) in [7, 11) is -2.97. The molecule has 1 aliphatic carbocycles. The lowest BCUT2D eigenvalue weighted by molar-refractivity contribution is -0.141. The fourth-order valence-corrected chi connectivity index (χ4v) is 6.60. The van der Waals surface area contributed by atoms with Gasteiger partial charge in [-0.25, -0.2) is 9.52 Å². The fraction of sp³-hybridized carbons (Fsp3) is 0.625. The van der Waals surface area contributed by atoms with Gasteiger partial charge in [0.2, 0.25) is 11.8 Å². The number of benzene rings is 1. The molecule has 0 unspecified atom stereocenters. The number of amides is 4. The van der Waals surface area contributed by atoms with Crippen molar-refractivity contribution in [3.05, 3.63) is 42.5 Å². The van der Waals surface area contributed by atoms with Gasteiger partial charge in [-0.3, -0.25) is 18.7 Å². The quantitative estimate of drug-likeness (QED) is 0.205. The van der Waals surface area contributed by atoms with Crippen LogP contribution in [0.1, 0.15) is 86.0 Å². The summed E-state index contributed by atoms with van der Waals surface area (Å²) in [4.78, 5) is 55.2. The summed E-state index contributed by atoms with van der Waals surface area (Å²) in [6.45, 7) is 13.2. The summed E-state index contributed by atoms with van der Waals surface area (Å²) in [5.41, 5.74) is -1.31. The van der Waals surface area contributed by atoms with Gasteiger partial charge in [0.05, 0.1) is 5.69 Å². The average molecular weight is 648 g/mol. The zero-order valence-corrected chi connectivity index (χ0v) is 28.2. The van der Waals surface area contributed by atoms with E-state index in [2.05, 4.69) is 28.9 Å². The van der Waals surface area contributed by atoms with Gasteiger partial charge in [-0.2, -0.15) is 8.42 Å². The van der Waals surface area contributed by atoms with Crippen LogP contribution in [0, 0.1) is 5.92 Å². The maximum atomic E-state index is 13.8. The van der Waals surface area contributed by atoms with Crippen LogP contribution >= 0.6 is 0 Å². The van der Waals surface area contributed by atoms with Crippen LogP contribution in [0.4, 0.5) is 10.5 Å². The number of anilines is 1. The van der Waals surface area contributed by atoms with E-state index in [-0.39, 0.29) is 6.42 Å². The molecule has 1 heterocycles. The Hall–Kier alpha value is -3.61. The SMILES string of the molecule is C=C(C)[C@@H]1C[C@]1(NC(=O)[C@@H]1CCCN1C(=O)[C@H](CCCCCC)NC(=O)OC(C)(C)C)C(=O)NS(=O)(=O)N(C)c1ccccc1. The van der Waals surface area contributed by atoms with Crippen LogP contribution in [0.2, 0.25) is 0 Å². The highest BCUT2D eigenvalue weighted by atomic mass is 32.2. The monoisotopic (exact) mass is 647 g/mol. The summed E-state index contributed by atoms with van der Waals surface area (Å²) in [5.74, 6) is -2.31. The van der Waals surface area contributed by atoms with E-state index in [0.29, 0.717) is 43.5 Å². The smallest absolute Gasteiger partial charge is 0.408 e. The van der Waals surface area contributed by atoms with Crippen molar-refractivity contribution >= 4 is 39.7 Å². The standard InChI is InChI=1S/C32H49N5O7S/c1-8-9-10-14-18-25(33-30(41)44-31(4,5)6)28(39)37-20-15-19-26(37)27(38)34-32(21-24(32)22(2)3)29(40)35-45(42,43)36(7)23-16-12-11-13-17-23/h11-13,16-17,24-26H,2,8-10,14-15,18-21H2,1,3-7H3,(H,33,41)(H,34,38)(H,35,40)/t24-,25-,26-,32+/m0/s1. The second kappa shape index (κ2) is 14.7. The Bertz CT molecular complexity index is 1360. The molecule has 2 fully saturated rings. The molecule has 13 heteroatoms. The van der Waals surface area contributed by atoms with Crippen LogP contribution in [0.15, 0.2) is 42.5 Å². The van der Waals surface area contributed by atoms with Crippen molar-refractivity contribution in [2.75, 3.05) is 17.9 Å². The molecule has 45 heavy (non-hydrogen) atoms. The first-order valence-corrected chi connectivity index (χ1v) is 17.1. The number of para-hydroxylation sites is 1. The first-order valence-electron chi connectivity index (χ1n) is 15.7. The number of hydrogen-bond donors (Lipinski definition) is 3. The van der Waals surface area contributed by atoms with Crippen LogP contribution < -0.4 is 19.7 Å². The molecule has 1 aliphatic heterocycles. The Kier molecular flexibility index (Phi) is 11.7. The Balaban J connectivity index is 1.77. The molecule has 0 radical (unpaired) electrons. The first-order chi connectivity index (χ1) is 21.0. The van der Waals surface area contributed by atoms with Crippen LogP contribution in [-0.2, 0) is 29.3 Å². The van der Waals surface area contributed by atoms with Gasteiger partial charge in [-0.15, -0.1) is 0 Å². The van der Waals surface area contributed by atoms with Crippen LogP contribution in [-0.4, -0.2) is 73.9 Å². The molecular weight excluding hydrogens is 598 g/mol. The number of likely N-dealkylation sites (tertiary alicyclic amines) is 1. The van der Waals surface area contributed by atoms with Crippen molar-refractivity contribution in [1.82, 2.24) is 20.3 Å².